The molecule has 166 valence electrons. The van der Waals surface area contributed by atoms with E-state index in [-0.39, 0.29) is 17.6 Å². The minimum atomic E-state index is -0.230. The normalized spacial score (nSPS) is 13.4. The van der Waals surface area contributed by atoms with Crippen LogP contribution in [-0.4, -0.2) is 31.3 Å². The molecule has 6 nitrogen and oxygen atoms in total. The van der Waals surface area contributed by atoms with Crippen molar-refractivity contribution in [3.63, 3.8) is 0 Å². The molecule has 1 N–H and O–H groups in total. The maximum Gasteiger partial charge on any atom is 0.255 e. The van der Waals surface area contributed by atoms with Crippen molar-refractivity contribution >= 4 is 35.0 Å². The number of methoxy groups -OCH3 is 1. The minimum absolute atomic E-state index is 0.118. The highest BCUT2D eigenvalue weighted by atomic mass is 16.5. The van der Waals surface area contributed by atoms with Crippen LogP contribution in [0.2, 0.25) is 0 Å². The first-order chi connectivity index (χ1) is 16.0. The van der Waals surface area contributed by atoms with Crippen LogP contribution in [0.4, 0.5) is 11.4 Å². The van der Waals surface area contributed by atoms with Gasteiger partial charge in [0.25, 0.3) is 5.91 Å². The second-order valence-electron chi connectivity index (χ2n) is 7.70. The van der Waals surface area contributed by atoms with Crippen LogP contribution in [0.5, 0.6) is 5.75 Å². The third-order valence-electron chi connectivity index (χ3n) is 5.46. The highest BCUT2D eigenvalue weighted by molar-refractivity contribution is 6.07. The second-order valence-corrected chi connectivity index (χ2v) is 7.70. The number of ketones is 1. The number of hydrogen-bond donors (Lipinski definition) is 1. The first kappa shape index (κ1) is 22.0. The van der Waals surface area contributed by atoms with Crippen molar-refractivity contribution in [1.29, 1.82) is 0 Å². The Morgan fingerprint density at radius 1 is 0.970 bits per heavy atom. The number of hydrogen-bond acceptors (Lipinski definition) is 4. The number of ether oxygens (including phenoxy) is 1. The predicted octanol–water partition coefficient (Wildman–Crippen LogP) is 4.97. The number of benzene rings is 3. The minimum Gasteiger partial charge on any atom is -0.497 e. The molecule has 1 saturated heterocycles. The summed E-state index contributed by atoms with van der Waals surface area (Å²) in [5.74, 6) is 0.434. The number of nitrogens with one attached hydrogen (secondary N) is 1. The van der Waals surface area contributed by atoms with E-state index in [2.05, 4.69) is 5.32 Å². The first-order valence-electron chi connectivity index (χ1n) is 10.7. The van der Waals surface area contributed by atoms with Crippen molar-refractivity contribution in [1.82, 2.24) is 0 Å². The van der Waals surface area contributed by atoms with Gasteiger partial charge in [0.2, 0.25) is 5.91 Å². The molecule has 0 saturated carbocycles. The molecule has 0 bridgehead atoms. The van der Waals surface area contributed by atoms with Crippen LogP contribution in [0.3, 0.4) is 0 Å². The van der Waals surface area contributed by atoms with Gasteiger partial charge >= 0.3 is 0 Å². The quantitative estimate of drug-likeness (QED) is 0.416. The highest BCUT2D eigenvalue weighted by Crippen LogP contribution is 2.22. The van der Waals surface area contributed by atoms with Crippen LogP contribution < -0.4 is 15.0 Å². The van der Waals surface area contributed by atoms with Gasteiger partial charge < -0.3 is 15.0 Å². The van der Waals surface area contributed by atoms with Crippen LogP contribution in [0.15, 0.2) is 78.9 Å². The van der Waals surface area contributed by atoms with Gasteiger partial charge in [-0.3, -0.25) is 14.4 Å². The Hall–Kier alpha value is -4.19. The van der Waals surface area contributed by atoms with E-state index in [1.165, 1.54) is 6.08 Å². The average Bonchev–Trinajstić information content (AvgIpc) is 3.28. The lowest BCUT2D eigenvalue weighted by Crippen LogP contribution is -2.23. The number of allylic oxidation sites excluding steroid dienone is 1. The van der Waals surface area contributed by atoms with Gasteiger partial charge in [0, 0.05) is 35.5 Å². The summed E-state index contributed by atoms with van der Waals surface area (Å²) < 4.78 is 5.11. The fourth-order valence-electron chi connectivity index (χ4n) is 3.66. The molecular weight excluding hydrogens is 416 g/mol. The zero-order valence-corrected chi connectivity index (χ0v) is 18.3. The maximum absolute atomic E-state index is 12.6. The van der Waals surface area contributed by atoms with Crippen molar-refractivity contribution < 1.29 is 19.1 Å². The third-order valence-corrected chi connectivity index (χ3v) is 5.46. The fraction of sp³-hybridized carbons (Fsp3) is 0.148. The number of carbonyl (C=O) groups excluding carboxylic acids is 3. The molecule has 1 aliphatic heterocycles. The molecule has 0 unspecified atom stereocenters. The average molecular weight is 440 g/mol. The summed E-state index contributed by atoms with van der Waals surface area (Å²) in [6.07, 6.45) is 4.65. The van der Waals surface area contributed by atoms with E-state index >= 15 is 0 Å². The number of anilines is 2. The zero-order chi connectivity index (χ0) is 23.2. The maximum atomic E-state index is 12.6. The van der Waals surface area contributed by atoms with Gasteiger partial charge in [-0.05, 0) is 78.7 Å². The van der Waals surface area contributed by atoms with E-state index < -0.39 is 0 Å². The SMILES string of the molecule is COc1ccc(C(=O)Nc2cccc(/C=C/C(=O)c3ccc(N4CCCC4=O)cc3)c2)cc1. The van der Waals surface area contributed by atoms with E-state index in [9.17, 15) is 14.4 Å². The fourth-order valence-corrected chi connectivity index (χ4v) is 3.66. The van der Waals surface area contributed by atoms with Gasteiger partial charge in [0.1, 0.15) is 5.75 Å². The standard InChI is InChI=1S/C27H24N2O4/c1-33-24-14-10-21(11-15-24)27(32)28-22-5-2-4-19(18-22)7-16-25(30)20-8-12-23(13-9-20)29-17-3-6-26(29)31/h2,4-5,7-16,18H,3,6,17H2,1H3,(H,28,32)/b16-7+. The molecule has 1 heterocycles. The molecule has 33 heavy (non-hydrogen) atoms. The molecule has 0 aliphatic carbocycles. The van der Waals surface area contributed by atoms with Crippen molar-refractivity contribution in [2.75, 3.05) is 23.9 Å². The van der Waals surface area contributed by atoms with Crippen LogP contribution in [0.1, 0.15) is 39.1 Å². The lowest BCUT2D eigenvalue weighted by molar-refractivity contribution is -0.117. The first-order valence-corrected chi connectivity index (χ1v) is 10.7. The number of rotatable bonds is 7. The topological polar surface area (TPSA) is 75.7 Å². The van der Waals surface area contributed by atoms with Crippen molar-refractivity contribution in [2.24, 2.45) is 0 Å². The van der Waals surface area contributed by atoms with Crippen molar-refractivity contribution in [2.45, 2.75) is 12.8 Å². The number of nitrogens with zero attached hydrogens (tertiary/aromatic N) is 1. The summed E-state index contributed by atoms with van der Waals surface area (Å²) >= 11 is 0. The molecule has 2 amide bonds. The van der Waals surface area contributed by atoms with E-state index in [1.54, 1.807) is 78.7 Å². The Kier molecular flexibility index (Phi) is 6.64. The summed E-state index contributed by atoms with van der Waals surface area (Å²) in [6.45, 7) is 0.720. The molecule has 0 atom stereocenters. The predicted molar refractivity (Wildman–Crippen MR) is 129 cm³/mol. The zero-order valence-electron chi connectivity index (χ0n) is 18.3. The van der Waals surface area contributed by atoms with Gasteiger partial charge in [-0.25, -0.2) is 0 Å². The van der Waals surface area contributed by atoms with Crippen LogP contribution in [0, 0.1) is 0 Å². The molecule has 1 aliphatic rings. The third kappa shape index (κ3) is 5.36. The smallest absolute Gasteiger partial charge is 0.255 e. The summed E-state index contributed by atoms with van der Waals surface area (Å²) in [6, 6.07) is 21.2. The molecule has 0 aromatic heterocycles. The van der Waals surface area contributed by atoms with Crippen LogP contribution in [-0.2, 0) is 4.79 Å². The Bertz CT molecular complexity index is 1200. The van der Waals surface area contributed by atoms with Gasteiger partial charge in [-0.1, -0.05) is 18.2 Å². The summed E-state index contributed by atoms with van der Waals surface area (Å²) in [4.78, 5) is 38.7. The molecule has 3 aromatic carbocycles. The summed E-state index contributed by atoms with van der Waals surface area (Å²) in [7, 11) is 1.57. The van der Waals surface area contributed by atoms with E-state index in [1.807, 2.05) is 12.1 Å². The summed E-state index contributed by atoms with van der Waals surface area (Å²) in [5, 5.41) is 2.86. The van der Waals surface area contributed by atoms with Crippen molar-refractivity contribution in [3.8, 4) is 5.75 Å². The molecule has 6 heteroatoms. The van der Waals surface area contributed by atoms with E-state index in [0.29, 0.717) is 29.0 Å². The van der Waals surface area contributed by atoms with E-state index in [4.69, 9.17) is 4.74 Å². The van der Waals surface area contributed by atoms with Crippen LogP contribution >= 0.6 is 0 Å². The molecule has 1 fully saturated rings. The lowest BCUT2D eigenvalue weighted by atomic mass is 10.1. The molecular formula is C27H24N2O4. The monoisotopic (exact) mass is 440 g/mol. The van der Waals surface area contributed by atoms with Gasteiger partial charge in [0.15, 0.2) is 5.78 Å². The van der Waals surface area contributed by atoms with Gasteiger partial charge in [-0.2, -0.15) is 0 Å². The Labute approximate surface area is 192 Å². The van der Waals surface area contributed by atoms with E-state index in [0.717, 1.165) is 24.2 Å². The molecule has 0 spiro atoms. The largest absolute Gasteiger partial charge is 0.497 e. The lowest BCUT2D eigenvalue weighted by Gasteiger charge is -2.15. The van der Waals surface area contributed by atoms with Gasteiger partial charge in [-0.15, -0.1) is 0 Å². The Morgan fingerprint density at radius 2 is 1.70 bits per heavy atom. The molecule has 0 radical (unpaired) electrons. The van der Waals surface area contributed by atoms with Gasteiger partial charge in [0.05, 0.1) is 7.11 Å². The molecule has 4 rings (SSSR count). The highest BCUT2D eigenvalue weighted by Gasteiger charge is 2.21. The number of amides is 2. The second kappa shape index (κ2) is 9.96. The summed E-state index contributed by atoms with van der Waals surface area (Å²) in [5.41, 5.74) is 3.30. The van der Waals surface area contributed by atoms with Crippen LogP contribution in [0.25, 0.3) is 6.08 Å². The Morgan fingerprint density at radius 3 is 2.36 bits per heavy atom. The number of carbonyl (C=O) groups is 3. The Balaban J connectivity index is 1.40. The molecule has 3 aromatic rings. The van der Waals surface area contributed by atoms with Crippen molar-refractivity contribution in [3.05, 3.63) is 95.6 Å².